The van der Waals surface area contributed by atoms with E-state index in [9.17, 15) is 9.59 Å². The fourth-order valence-corrected chi connectivity index (χ4v) is 8.03. The summed E-state index contributed by atoms with van der Waals surface area (Å²) in [5.41, 5.74) is 1.45. The number of nitrogens with one attached hydrogen (secondary N) is 1. The van der Waals surface area contributed by atoms with Crippen LogP contribution in [0.15, 0.2) is 107 Å². The molecule has 0 unspecified atom stereocenters. The van der Waals surface area contributed by atoms with Gasteiger partial charge < -0.3 is 28.1 Å². The third-order valence-electron chi connectivity index (χ3n) is 10.7. The zero-order valence-corrected chi connectivity index (χ0v) is 31.6. The van der Waals surface area contributed by atoms with Gasteiger partial charge in [-0.2, -0.15) is 0 Å². The lowest BCUT2D eigenvalue weighted by atomic mass is 9.79. The molecule has 0 amide bonds. The minimum atomic E-state index is -2.49. The average molecular weight is 713 g/mol. The van der Waals surface area contributed by atoms with Gasteiger partial charge in [0.2, 0.25) is 5.79 Å². The molecule has 2 fully saturated rings. The maximum Gasteiger partial charge on any atom is 0.330 e. The van der Waals surface area contributed by atoms with Crippen molar-refractivity contribution in [1.82, 2.24) is 9.55 Å². The highest BCUT2D eigenvalue weighted by molar-refractivity contribution is 6.74. The summed E-state index contributed by atoms with van der Waals surface area (Å²) in [6.07, 6.45) is -0.0423. The van der Waals surface area contributed by atoms with E-state index in [0.29, 0.717) is 17.1 Å². The quantitative estimate of drug-likeness (QED) is 0.104. The molecule has 10 nitrogen and oxygen atoms in total. The minimum Gasteiger partial charge on any atom is -0.497 e. The van der Waals surface area contributed by atoms with Crippen molar-refractivity contribution < 1.29 is 28.1 Å². The molecule has 1 N–H and O–H groups in total. The molecular formula is C40H48N2O8Si. The first kappa shape index (κ1) is 36.5. The molecule has 1 aromatic heterocycles. The van der Waals surface area contributed by atoms with Gasteiger partial charge in [0.15, 0.2) is 14.5 Å². The molecule has 4 atom stereocenters. The van der Waals surface area contributed by atoms with E-state index in [-0.39, 0.29) is 18.3 Å². The van der Waals surface area contributed by atoms with Crippen LogP contribution in [0.5, 0.6) is 11.5 Å². The second-order valence-electron chi connectivity index (χ2n) is 14.9. The fraction of sp³-hybridized carbons (Fsp3) is 0.400. The third kappa shape index (κ3) is 6.53. The molecule has 0 saturated carbocycles. The SMILES string of the molecule is C=C1CO[C@]2(COC(c3ccccc3)(c3ccc(OC)cc3)c3ccc(OC)cc3)O[C@@H](n3cc(C)c(=O)[nH]c3=O)[C@H]1[C@@H]2O[Si](C)(C)C(C)(C)C. The molecule has 2 aliphatic rings. The third-order valence-corrected chi connectivity index (χ3v) is 15.1. The van der Waals surface area contributed by atoms with Crippen LogP contribution in [-0.4, -0.2) is 57.2 Å². The molecule has 2 aliphatic heterocycles. The lowest BCUT2D eigenvalue weighted by Gasteiger charge is -2.47. The second-order valence-corrected chi connectivity index (χ2v) is 19.6. The highest BCUT2D eigenvalue weighted by Gasteiger charge is 2.64. The number of aromatic nitrogens is 2. The molecule has 0 radical (unpaired) electrons. The molecule has 0 aliphatic carbocycles. The normalized spacial score (nSPS) is 22.2. The van der Waals surface area contributed by atoms with Gasteiger partial charge in [0.05, 0.1) is 26.7 Å². The summed E-state index contributed by atoms with van der Waals surface area (Å²) in [5, 5.41) is -0.159. The number of fused-ring (bicyclic) bond motifs is 2. The average Bonchev–Trinajstić information content (AvgIpc) is 3.33. The molecule has 51 heavy (non-hydrogen) atoms. The Labute approximate surface area is 300 Å². The number of nitrogens with zero attached hydrogens (tertiary/aromatic N) is 1. The van der Waals surface area contributed by atoms with E-state index in [1.165, 1.54) is 10.8 Å². The smallest absolute Gasteiger partial charge is 0.330 e. The second kappa shape index (κ2) is 13.7. The van der Waals surface area contributed by atoms with Gasteiger partial charge in [0.25, 0.3) is 5.56 Å². The van der Waals surface area contributed by atoms with Crippen LogP contribution in [0.2, 0.25) is 18.1 Å². The molecule has 2 bridgehead atoms. The van der Waals surface area contributed by atoms with Gasteiger partial charge in [0, 0.05) is 11.8 Å². The summed E-state index contributed by atoms with van der Waals surface area (Å²) < 4.78 is 40.7. The first-order valence-electron chi connectivity index (χ1n) is 17.1. The van der Waals surface area contributed by atoms with Gasteiger partial charge in [-0.3, -0.25) is 14.3 Å². The number of aromatic amines is 1. The van der Waals surface area contributed by atoms with Gasteiger partial charge in [-0.15, -0.1) is 0 Å². The first-order valence-corrected chi connectivity index (χ1v) is 20.0. The van der Waals surface area contributed by atoms with E-state index in [4.69, 9.17) is 28.1 Å². The lowest BCUT2D eigenvalue weighted by molar-refractivity contribution is -0.291. The highest BCUT2D eigenvalue weighted by Crippen LogP contribution is 2.54. The molecule has 270 valence electrons. The van der Waals surface area contributed by atoms with Crippen LogP contribution in [0.4, 0.5) is 0 Å². The molecular weight excluding hydrogens is 665 g/mol. The van der Waals surface area contributed by atoms with E-state index in [0.717, 1.165) is 22.3 Å². The number of methoxy groups -OCH3 is 2. The van der Waals surface area contributed by atoms with E-state index in [2.05, 4.69) is 45.4 Å². The topological polar surface area (TPSA) is 110 Å². The molecule has 3 aromatic carbocycles. The van der Waals surface area contributed by atoms with Crippen LogP contribution >= 0.6 is 0 Å². The van der Waals surface area contributed by atoms with Crippen LogP contribution in [0.3, 0.4) is 0 Å². The lowest BCUT2D eigenvalue weighted by Crippen LogP contribution is -2.59. The number of rotatable bonds is 11. The fourth-order valence-electron chi connectivity index (χ4n) is 6.71. The molecule has 4 aromatic rings. The molecule has 3 heterocycles. The Balaban J connectivity index is 1.54. The number of hydrogen-bond donors (Lipinski definition) is 1. The largest absolute Gasteiger partial charge is 0.497 e. The predicted molar refractivity (Wildman–Crippen MR) is 198 cm³/mol. The van der Waals surface area contributed by atoms with Crippen molar-refractivity contribution in [3.05, 3.63) is 140 Å². The van der Waals surface area contributed by atoms with Crippen molar-refractivity contribution in [3.8, 4) is 11.5 Å². The predicted octanol–water partition coefficient (Wildman–Crippen LogP) is 6.69. The van der Waals surface area contributed by atoms with Crippen molar-refractivity contribution in [2.45, 2.75) is 69.5 Å². The Kier molecular flexibility index (Phi) is 9.81. The monoisotopic (exact) mass is 712 g/mol. The van der Waals surface area contributed by atoms with Gasteiger partial charge in [0.1, 0.15) is 29.8 Å². The van der Waals surface area contributed by atoms with Gasteiger partial charge in [-0.05, 0) is 71.6 Å². The van der Waals surface area contributed by atoms with Gasteiger partial charge in [-0.1, -0.05) is 81.9 Å². The van der Waals surface area contributed by atoms with Crippen LogP contribution in [-0.2, 0) is 24.2 Å². The van der Waals surface area contributed by atoms with Crippen LogP contribution < -0.4 is 20.7 Å². The Morgan fingerprint density at radius 3 is 1.98 bits per heavy atom. The first-order chi connectivity index (χ1) is 24.2. The summed E-state index contributed by atoms with van der Waals surface area (Å²) in [6.45, 7) is 17.0. The summed E-state index contributed by atoms with van der Waals surface area (Å²) in [7, 11) is 0.774. The zero-order valence-electron chi connectivity index (χ0n) is 30.6. The van der Waals surface area contributed by atoms with E-state index in [1.54, 1.807) is 21.1 Å². The van der Waals surface area contributed by atoms with Crippen molar-refractivity contribution in [3.63, 3.8) is 0 Å². The van der Waals surface area contributed by atoms with E-state index in [1.807, 2.05) is 78.9 Å². The summed E-state index contributed by atoms with van der Waals surface area (Å²) in [5.74, 6) is -0.531. The molecule has 2 saturated heterocycles. The van der Waals surface area contributed by atoms with Crippen LogP contribution in [0, 0.1) is 12.8 Å². The maximum absolute atomic E-state index is 13.4. The van der Waals surface area contributed by atoms with Crippen LogP contribution in [0.25, 0.3) is 0 Å². The standard InChI is InChI=1S/C40H48N2O8Si/c1-26-23-42(37(44)41-35(26)43)36-33-27(2)24-47-39(49-36,34(33)50-51(8,9)38(3,4)5)25-48-40(28-13-11-10-12-14-28,29-15-19-31(45-6)20-16-29)30-17-21-32(46-7)22-18-30/h10-23,33-34,36H,2,24-25H2,1,3-9H3,(H,41,43,44)/t33-,34+,36-,39-/m1/s1. The Bertz CT molecular complexity index is 1940. The van der Waals surface area contributed by atoms with Crippen LogP contribution in [0.1, 0.15) is 49.3 Å². The van der Waals surface area contributed by atoms with Crippen molar-refractivity contribution in [2.24, 2.45) is 5.92 Å². The number of H-pyrrole nitrogens is 1. The number of ether oxygens (including phenoxy) is 5. The number of benzene rings is 3. The van der Waals surface area contributed by atoms with E-state index < -0.39 is 49.2 Å². The Hall–Kier alpha value is -4.26. The molecule has 11 heteroatoms. The van der Waals surface area contributed by atoms with Gasteiger partial charge >= 0.3 is 5.69 Å². The minimum absolute atomic E-state index is 0.0867. The van der Waals surface area contributed by atoms with Gasteiger partial charge in [-0.25, -0.2) is 4.79 Å². The van der Waals surface area contributed by atoms with Crippen molar-refractivity contribution in [2.75, 3.05) is 27.4 Å². The summed E-state index contributed by atoms with van der Waals surface area (Å²) >= 11 is 0. The number of hydrogen-bond acceptors (Lipinski definition) is 8. The zero-order chi connectivity index (χ0) is 36.8. The van der Waals surface area contributed by atoms with Crippen molar-refractivity contribution in [1.29, 1.82) is 0 Å². The number of aryl methyl sites for hydroxylation is 1. The summed E-state index contributed by atoms with van der Waals surface area (Å²) in [4.78, 5) is 28.2. The maximum atomic E-state index is 13.4. The van der Waals surface area contributed by atoms with E-state index >= 15 is 0 Å². The molecule has 6 rings (SSSR count). The Morgan fingerprint density at radius 1 is 0.902 bits per heavy atom. The highest BCUT2D eigenvalue weighted by atomic mass is 28.4. The van der Waals surface area contributed by atoms with Crippen molar-refractivity contribution >= 4 is 8.32 Å². The Morgan fingerprint density at radius 2 is 1.45 bits per heavy atom. The molecule has 0 spiro atoms. The summed E-state index contributed by atoms with van der Waals surface area (Å²) in [6, 6.07) is 25.6.